The van der Waals surface area contributed by atoms with Crippen LogP contribution in [0.5, 0.6) is 11.5 Å². The third kappa shape index (κ3) is 4.66. The topological polar surface area (TPSA) is 84.6 Å². The van der Waals surface area contributed by atoms with Gasteiger partial charge in [-0.05, 0) is 48.6 Å². The first kappa shape index (κ1) is 23.9. The SMILES string of the molecule is CCOC(=O)c1cn2c(cc1=O)-c1cc(OC)c(OCCCn3cccn3)cc1CC2c1cccs1. The summed E-state index contributed by atoms with van der Waals surface area (Å²) >= 11 is 1.64. The van der Waals surface area contributed by atoms with Crippen LogP contribution in [0.3, 0.4) is 0 Å². The van der Waals surface area contributed by atoms with Gasteiger partial charge in [0.2, 0.25) is 0 Å². The fraction of sp³-hybridized carbons (Fsp3) is 0.296. The fourth-order valence-electron chi connectivity index (χ4n) is 4.53. The summed E-state index contributed by atoms with van der Waals surface area (Å²) in [5.74, 6) is 0.654. The molecule has 0 bridgehead atoms. The fourth-order valence-corrected chi connectivity index (χ4v) is 5.36. The van der Waals surface area contributed by atoms with Gasteiger partial charge in [0.25, 0.3) is 0 Å². The number of ether oxygens (including phenoxy) is 3. The molecular weight excluding hydrogens is 478 g/mol. The molecule has 0 aliphatic carbocycles. The highest BCUT2D eigenvalue weighted by Crippen LogP contribution is 2.43. The zero-order valence-corrected chi connectivity index (χ0v) is 21.0. The third-order valence-electron chi connectivity index (χ3n) is 6.21. The van der Waals surface area contributed by atoms with Crippen LogP contribution in [0.15, 0.2) is 65.2 Å². The van der Waals surface area contributed by atoms with Crippen LogP contribution in [0.4, 0.5) is 0 Å². The Morgan fingerprint density at radius 1 is 1.22 bits per heavy atom. The van der Waals surface area contributed by atoms with Crippen molar-refractivity contribution >= 4 is 17.3 Å². The van der Waals surface area contributed by atoms with Crippen LogP contribution >= 0.6 is 11.3 Å². The van der Waals surface area contributed by atoms with E-state index in [4.69, 9.17) is 14.2 Å². The number of aryl methyl sites for hydroxylation is 1. The van der Waals surface area contributed by atoms with Crippen molar-refractivity contribution in [3.05, 3.63) is 86.6 Å². The molecule has 0 spiro atoms. The van der Waals surface area contributed by atoms with Gasteiger partial charge in [-0.25, -0.2) is 4.79 Å². The Morgan fingerprint density at radius 2 is 2.11 bits per heavy atom. The first-order valence-corrected chi connectivity index (χ1v) is 12.7. The molecule has 0 N–H and O–H groups in total. The minimum atomic E-state index is -0.607. The Kier molecular flexibility index (Phi) is 6.90. The smallest absolute Gasteiger partial charge is 0.343 e. The van der Waals surface area contributed by atoms with Gasteiger partial charge in [0.1, 0.15) is 5.56 Å². The number of esters is 1. The average Bonchev–Trinajstić information content (AvgIpc) is 3.60. The molecule has 0 amide bonds. The van der Waals surface area contributed by atoms with Gasteiger partial charge in [-0.3, -0.25) is 9.48 Å². The van der Waals surface area contributed by atoms with Crippen molar-refractivity contribution in [2.75, 3.05) is 20.3 Å². The monoisotopic (exact) mass is 505 g/mol. The molecule has 0 radical (unpaired) electrons. The second-order valence-corrected chi connectivity index (χ2v) is 9.41. The van der Waals surface area contributed by atoms with Crippen LogP contribution < -0.4 is 14.9 Å². The van der Waals surface area contributed by atoms with Crippen molar-refractivity contribution in [1.82, 2.24) is 14.3 Å². The summed E-state index contributed by atoms with van der Waals surface area (Å²) in [7, 11) is 1.60. The number of carbonyl (C=O) groups excluding carboxylic acids is 1. The molecule has 0 fully saturated rings. The van der Waals surface area contributed by atoms with E-state index in [2.05, 4.69) is 11.2 Å². The summed E-state index contributed by atoms with van der Waals surface area (Å²) in [5, 5.41) is 6.25. The summed E-state index contributed by atoms with van der Waals surface area (Å²) in [4.78, 5) is 26.5. The largest absolute Gasteiger partial charge is 0.493 e. The number of pyridine rings is 1. The zero-order valence-electron chi connectivity index (χ0n) is 20.2. The van der Waals surface area contributed by atoms with E-state index < -0.39 is 5.97 Å². The number of hydrogen-bond acceptors (Lipinski definition) is 7. The van der Waals surface area contributed by atoms with Crippen LogP contribution in [0.25, 0.3) is 11.3 Å². The number of nitrogens with zero attached hydrogens (tertiary/aromatic N) is 3. The molecule has 1 aliphatic heterocycles. The summed E-state index contributed by atoms with van der Waals surface area (Å²) in [6.07, 6.45) is 6.80. The van der Waals surface area contributed by atoms with E-state index in [1.165, 1.54) is 6.07 Å². The lowest BCUT2D eigenvalue weighted by Gasteiger charge is -2.31. The van der Waals surface area contributed by atoms with Gasteiger partial charge >= 0.3 is 5.97 Å². The van der Waals surface area contributed by atoms with Crippen molar-refractivity contribution in [2.45, 2.75) is 32.4 Å². The van der Waals surface area contributed by atoms with Gasteiger partial charge in [0.05, 0.1) is 32.1 Å². The maximum atomic E-state index is 12.9. The van der Waals surface area contributed by atoms with E-state index in [9.17, 15) is 9.59 Å². The zero-order chi connectivity index (χ0) is 25.1. The molecule has 8 nitrogen and oxygen atoms in total. The summed E-state index contributed by atoms with van der Waals surface area (Å²) in [5.41, 5.74) is 2.34. The van der Waals surface area contributed by atoms with E-state index in [1.54, 1.807) is 37.8 Å². The summed E-state index contributed by atoms with van der Waals surface area (Å²) in [6, 6.07) is 11.4. The van der Waals surface area contributed by atoms with Gasteiger partial charge < -0.3 is 18.8 Å². The second-order valence-electron chi connectivity index (χ2n) is 8.43. The Bertz CT molecular complexity index is 1410. The number of carbonyl (C=O) groups is 1. The highest BCUT2D eigenvalue weighted by molar-refractivity contribution is 7.10. The molecule has 4 aromatic rings. The lowest BCUT2D eigenvalue weighted by molar-refractivity contribution is 0.0523. The molecule has 9 heteroatoms. The normalized spacial score (nSPS) is 14.1. The molecule has 1 aliphatic rings. The number of thiophene rings is 1. The minimum Gasteiger partial charge on any atom is -0.493 e. The van der Waals surface area contributed by atoms with Gasteiger partial charge in [0, 0.05) is 48.1 Å². The number of rotatable bonds is 9. The van der Waals surface area contributed by atoms with Gasteiger partial charge in [-0.1, -0.05) is 6.07 Å². The summed E-state index contributed by atoms with van der Waals surface area (Å²) < 4.78 is 20.8. The van der Waals surface area contributed by atoms with E-state index in [-0.39, 0.29) is 23.6 Å². The maximum absolute atomic E-state index is 12.9. The molecule has 0 saturated carbocycles. The van der Waals surface area contributed by atoms with Gasteiger partial charge in [-0.15, -0.1) is 11.3 Å². The molecule has 36 heavy (non-hydrogen) atoms. The van der Waals surface area contributed by atoms with Crippen molar-refractivity contribution in [3.63, 3.8) is 0 Å². The van der Waals surface area contributed by atoms with Crippen LogP contribution in [0, 0.1) is 0 Å². The molecule has 0 saturated heterocycles. The molecule has 1 unspecified atom stereocenters. The first-order valence-electron chi connectivity index (χ1n) is 11.9. The quantitative estimate of drug-likeness (QED) is 0.245. The highest BCUT2D eigenvalue weighted by atomic mass is 32.1. The number of fused-ring (bicyclic) bond motifs is 3. The predicted octanol–water partition coefficient (Wildman–Crippen LogP) is 4.57. The molecule has 4 heterocycles. The standard InChI is InChI=1S/C27H27N3O5S/c1-3-34-27(32)20-17-30-21(16-23(20)31)19-15-24(33-2)25(35-11-6-10-29-9-5-8-28-29)14-18(19)13-22(30)26-7-4-12-36-26/h4-5,7-9,12,14-17,22H,3,6,10-11,13H2,1-2H3. The van der Waals surface area contributed by atoms with Crippen LogP contribution in [-0.2, 0) is 17.7 Å². The molecule has 1 aromatic carbocycles. The first-order chi connectivity index (χ1) is 17.6. The Balaban J connectivity index is 1.51. The molecule has 1 atom stereocenters. The number of benzene rings is 1. The van der Waals surface area contributed by atoms with Crippen molar-refractivity contribution in [1.29, 1.82) is 0 Å². The Morgan fingerprint density at radius 3 is 2.83 bits per heavy atom. The van der Waals surface area contributed by atoms with Crippen LogP contribution in [-0.4, -0.2) is 40.6 Å². The number of methoxy groups -OCH3 is 1. The van der Waals surface area contributed by atoms with E-state index in [1.807, 2.05) is 45.1 Å². The number of hydrogen-bond donors (Lipinski definition) is 0. The molecule has 186 valence electrons. The lowest BCUT2D eigenvalue weighted by atomic mass is 9.91. The number of aromatic nitrogens is 3. The van der Waals surface area contributed by atoms with Crippen LogP contribution in [0.1, 0.15) is 40.2 Å². The predicted molar refractivity (Wildman–Crippen MR) is 137 cm³/mol. The van der Waals surface area contributed by atoms with Gasteiger partial charge in [-0.2, -0.15) is 5.10 Å². The molecular formula is C27H27N3O5S. The molecule has 5 rings (SSSR count). The van der Waals surface area contributed by atoms with E-state index >= 15 is 0 Å². The van der Waals surface area contributed by atoms with Crippen molar-refractivity contribution in [3.8, 4) is 22.8 Å². The van der Waals surface area contributed by atoms with Crippen molar-refractivity contribution < 1.29 is 19.0 Å². The Hall–Kier alpha value is -3.85. The third-order valence-corrected chi connectivity index (χ3v) is 7.18. The van der Waals surface area contributed by atoms with Crippen LogP contribution in [0.2, 0.25) is 0 Å². The van der Waals surface area contributed by atoms with E-state index in [0.29, 0.717) is 24.5 Å². The average molecular weight is 506 g/mol. The van der Waals surface area contributed by atoms with E-state index in [0.717, 1.165) is 34.7 Å². The minimum absolute atomic E-state index is 0.0368. The lowest BCUT2D eigenvalue weighted by Crippen LogP contribution is -2.26. The summed E-state index contributed by atoms with van der Waals surface area (Å²) in [6.45, 7) is 3.21. The highest BCUT2D eigenvalue weighted by Gasteiger charge is 2.29. The Labute approximate surface area is 212 Å². The van der Waals surface area contributed by atoms with Gasteiger partial charge in [0.15, 0.2) is 16.9 Å². The molecule has 3 aromatic heterocycles. The maximum Gasteiger partial charge on any atom is 0.343 e. The second kappa shape index (κ2) is 10.4. The van der Waals surface area contributed by atoms with Crippen molar-refractivity contribution in [2.24, 2.45) is 0 Å².